The van der Waals surface area contributed by atoms with E-state index in [1.807, 2.05) is 0 Å². The van der Waals surface area contributed by atoms with Crippen molar-refractivity contribution in [2.45, 2.75) is 18.7 Å². The minimum Gasteiger partial charge on any atom is -0.481 e. The number of hydrogen-bond acceptors (Lipinski definition) is 4. The summed E-state index contributed by atoms with van der Waals surface area (Å²) in [6.07, 6.45) is -5.14. The summed E-state index contributed by atoms with van der Waals surface area (Å²) >= 11 is 5.51. The molecule has 0 aromatic carbocycles. The minimum atomic E-state index is -4.87. The summed E-state index contributed by atoms with van der Waals surface area (Å²) in [5.74, 6) is -0.758. The summed E-state index contributed by atoms with van der Waals surface area (Å²) < 4.78 is 45.4. The summed E-state index contributed by atoms with van der Waals surface area (Å²) in [4.78, 5) is 3.75. The average molecular weight is 281 g/mol. The zero-order valence-corrected chi connectivity index (χ0v) is 9.97. The van der Waals surface area contributed by atoms with E-state index in [9.17, 15) is 13.2 Å². The van der Waals surface area contributed by atoms with Gasteiger partial charge >= 0.3 is 6.36 Å². The van der Waals surface area contributed by atoms with E-state index in [0.717, 1.165) is 0 Å². The van der Waals surface area contributed by atoms with Crippen LogP contribution in [0.5, 0.6) is 11.6 Å². The van der Waals surface area contributed by atoms with E-state index in [0.29, 0.717) is 0 Å². The molecule has 0 amide bonds. The van der Waals surface area contributed by atoms with Crippen LogP contribution in [0.4, 0.5) is 13.2 Å². The normalized spacial score (nSPS) is 10.9. The maximum absolute atomic E-state index is 12.3. The highest BCUT2D eigenvalue weighted by Gasteiger charge is 2.33. The van der Waals surface area contributed by atoms with Crippen molar-refractivity contribution in [2.75, 3.05) is 7.11 Å². The Hall–Kier alpha value is -1.68. The van der Waals surface area contributed by atoms with Crippen LogP contribution in [0.1, 0.15) is 11.3 Å². The van der Waals surface area contributed by atoms with Crippen molar-refractivity contribution in [1.82, 2.24) is 4.98 Å². The highest BCUT2D eigenvalue weighted by Crippen LogP contribution is 2.32. The second-order valence-corrected chi connectivity index (χ2v) is 3.38. The predicted octanol–water partition coefficient (Wildman–Crippen LogP) is 2.79. The van der Waals surface area contributed by atoms with E-state index in [1.165, 1.54) is 13.2 Å². The maximum Gasteiger partial charge on any atom is 0.573 e. The topological polar surface area (TPSA) is 55.1 Å². The third kappa shape index (κ3) is 3.67. The molecule has 8 heteroatoms. The molecule has 0 aliphatic rings. The van der Waals surface area contributed by atoms with Gasteiger partial charge in [-0.05, 0) is 0 Å². The van der Waals surface area contributed by atoms with E-state index >= 15 is 0 Å². The van der Waals surface area contributed by atoms with Crippen molar-refractivity contribution in [2.24, 2.45) is 0 Å². The van der Waals surface area contributed by atoms with Gasteiger partial charge in [-0.2, -0.15) is 5.26 Å². The third-order valence-electron chi connectivity index (χ3n) is 1.92. The van der Waals surface area contributed by atoms with Crippen molar-refractivity contribution >= 4 is 11.6 Å². The highest BCUT2D eigenvalue weighted by molar-refractivity contribution is 6.17. The number of halogens is 4. The lowest BCUT2D eigenvalue weighted by Crippen LogP contribution is -2.19. The largest absolute Gasteiger partial charge is 0.573 e. The molecule has 0 radical (unpaired) electrons. The van der Waals surface area contributed by atoms with Gasteiger partial charge < -0.3 is 9.47 Å². The lowest BCUT2D eigenvalue weighted by molar-refractivity contribution is -0.275. The first-order valence-electron chi connectivity index (χ1n) is 4.66. The molecule has 4 nitrogen and oxygen atoms in total. The van der Waals surface area contributed by atoms with Crippen molar-refractivity contribution < 1.29 is 22.6 Å². The summed E-state index contributed by atoms with van der Waals surface area (Å²) in [6, 6.07) is 2.95. The fourth-order valence-electron chi connectivity index (χ4n) is 1.27. The molecule has 0 spiro atoms. The molecule has 0 N–H and O–H groups in total. The van der Waals surface area contributed by atoms with Crippen LogP contribution in [0.2, 0.25) is 0 Å². The number of alkyl halides is 4. The van der Waals surface area contributed by atoms with E-state index in [4.69, 9.17) is 21.6 Å². The minimum absolute atomic E-state index is 0.0253. The summed E-state index contributed by atoms with van der Waals surface area (Å²) in [5, 5.41) is 8.59. The first kappa shape index (κ1) is 14.4. The van der Waals surface area contributed by atoms with Crippen LogP contribution in [-0.4, -0.2) is 18.5 Å². The van der Waals surface area contributed by atoms with Gasteiger partial charge in [-0.25, -0.2) is 4.98 Å². The molecule has 0 aliphatic heterocycles. The first-order chi connectivity index (χ1) is 8.41. The molecule has 0 bridgehead atoms. The molecule has 1 heterocycles. The van der Waals surface area contributed by atoms with Gasteiger partial charge in [0.2, 0.25) is 5.88 Å². The lowest BCUT2D eigenvalue weighted by atomic mass is 10.1. The van der Waals surface area contributed by atoms with Crippen molar-refractivity contribution in [3.63, 3.8) is 0 Å². The van der Waals surface area contributed by atoms with Crippen LogP contribution in [0.3, 0.4) is 0 Å². The van der Waals surface area contributed by atoms with Gasteiger partial charge in [-0.3, -0.25) is 0 Å². The maximum atomic E-state index is 12.3. The quantitative estimate of drug-likeness (QED) is 0.796. The Bertz CT molecular complexity index is 471. The molecule has 98 valence electrons. The molecule has 0 fully saturated rings. The van der Waals surface area contributed by atoms with Crippen LogP contribution in [-0.2, 0) is 12.3 Å². The Balaban J connectivity index is 3.30. The molecular weight excluding hydrogens is 273 g/mol. The van der Waals surface area contributed by atoms with Crippen LogP contribution < -0.4 is 9.47 Å². The average Bonchev–Trinajstić information content (AvgIpc) is 2.29. The van der Waals surface area contributed by atoms with Crippen molar-refractivity contribution in [3.05, 3.63) is 17.3 Å². The number of nitrogens with zero attached hydrogens (tertiary/aromatic N) is 2. The zero-order chi connectivity index (χ0) is 13.8. The SMILES string of the molecule is COc1cc(CC#N)c(OC(F)(F)F)c(CCl)n1. The van der Waals surface area contributed by atoms with Crippen molar-refractivity contribution in [3.8, 4) is 17.7 Å². The number of aromatic nitrogens is 1. The molecule has 1 aromatic rings. The Kier molecular flexibility index (Phi) is 4.62. The molecule has 1 aromatic heterocycles. The van der Waals surface area contributed by atoms with Crippen LogP contribution in [0.25, 0.3) is 0 Å². The second-order valence-electron chi connectivity index (χ2n) is 3.12. The monoisotopic (exact) mass is 280 g/mol. The molecule has 0 unspecified atom stereocenters. The summed E-state index contributed by atoms with van der Waals surface area (Å²) in [5.41, 5.74) is -0.101. The standard InChI is InChI=1S/C10H8ClF3N2O2/c1-17-8-4-6(2-3-15)9(7(5-11)16-8)18-10(12,13)14/h4H,2,5H2,1H3. The van der Waals surface area contributed by atoms with E-state index < -0.39 is 12.1 Å². The predicted molar refractivity (Wildman–Crippen MR) is 56.3 cm³/mol. The zero-order valence-electron chi connectivity index (χ0n) is 9.21. The number of methoxy groups -OCH3 is 1. The van der Waals surface area contributed by atoms with Gasteiger partial charge in [0.1, 0.15) is 5.69 Å². The molecule has 0 atom stereocenters. The van der Waals surface area contributed by atoms with Gasteiger partial charge in [-0.1, -0.05) is 0 Å². The number of ether oxygens (including phenoxy) is 2. The van der Waals surface area contributed by atoms with E-state index in [-0.39, 0.29) is 29.4 Å². The summed E-state index contributed by atoms with van der Waals surface area (Å²) in [6.45, 7) is 0. The number of nitriles is 1. The molecule has 0 aliphatic carbocycles. The van der Waals surface area contributed by atoms with Crippen LogP contribution >= 0.6 is 11.6 Å². The van der Waals surface area contributed by atoms with Gasteiger partial charge in [0, 0.05) is 11.6 Å². The Labute approximate surface area is 106 Å². The molecular formula is C10H8ClF3N2O2. The first-order valence-corrected chi connectivity index (χ1v) is 5.20. The Morgan fingerprint density at radius 2 is 2.17 bits per heavy atom. The lowest BCUT2D eigenvalue weighted by Gasteiger charge is -2.15. The van der Waals surface area contributed by atoms with Gasteiger partial charge in [-0.15, -0.1) is 24.8 Å². The smallest absolute Gasteiger partial charge is 0.481 e. The van der Waals surface area contributed by atoms with Crippen LogP contribution in [0.15, 0.2) is 6.07 Å². The van der Waals surface area contributed by atoms with Gasteiger partial charge in [0.15, 0.2) is 5.75 Å². The highest BCUT2D eigenvalue weighted by atomic mass is 35.5. The van der Waals surface area contributed by atoms with Gasteiger partial charge in [0.25, 0.3) is 0 Å². The summed E-state index contributed by atoms with van der Waals surface area (Å²) in [7, 11) is 1.31. The molecule has 0 saturated heterocycles. The fourth-order valence-corrected chi connectivity index (χ4v) is 1.45. The molecule has 0 saturated carbocycles. The van der Waals surface area contributed by atoms with Gasteiger partial charge in [0.05, 0.1) is 25.5 Å². The Morgan fingerprint density at radius 3 is 2.61 bits per heavy atom. The van der Waals surface area contributed by atoms with E-state index in [2.05, 4.69) is 9.72 Å². The third-order valence-corrected chi connectivity index (χ3v) is 2.17. The molecule has 18 heavy (non-hydrogen) atoms. The van der Waals surface area contributed by atoms with E-state index in [1.54, 1.807) is 6.07 Å². The Morgan fingerprint density at radius 1 is 1.50 bits per heavy atom. The number of rotatable bonds is 4. The molecule has 1 rings (SSSR count). The van der Waals surface area contributed by atoms with Crippen LogP contribution in [0, 0.1) is 11.3 Å². The van der Waals surface area contributed by atoms with Crippen molar-refractivity contribution in [1.29, 1.82) is 5.26 Å². The number of pyridine rings is 1. The second kappa shape index (κ2) is 5.78. The fraction of sp³-hybridized carbons (Fsp3) is 0.400. The number of hydrogen-bond donors (Lipinski definition) is 0.